The van der Waals surface area contributed by atoms with E-state index in [1.54, 1.807) is 0 Å². The molecule has 3 nitrogen and oxygen atoms in total. The maximum absolute atomic E-state index is 9.78. The highest BCUT2D eigenvalue weighted by molar-refractivity contribution is 9.09. The average molecular weight is 249 g/mol. The first-order chi connectivity index (χ1) is 5.99. The van der Waals surface area contributed by atoms with E-state index >= 15 is 0 Å². The Kier molecular flexibility index (Phi) is 2.27. The molecule has 1 N–H and O–H groups in total. The van der Waals surface area contributed by atoms with Crippen LogP contribution >= 0.6 is 15.9 Å². The van der Waals surface area contributed by atoms with E-state index in [4.69, 9.17) is 9.47 Å². The van der Waals surface area contributed by atoms with Gasteiger partial charge in [-0.3, -0.25) is 0 Å². The van der Waals surface area contributed by atoms with Gasteiger partial charge in [-0.1, -0.05) is 28.1 Å². The Hall–Kier alpha value is 0.1000. The van der Waals surface area contributed by atoms with Gasteiger partial charge in [-0.2, -0.15) is 0 Å². The normalized spacial score (nSPS) is 47.7. The van der Waals surface area contributed by atoms with Crippen molar-refractivity contribution >= 4 is 15.9 Å². The Balaban J connectivity index is 2.19. The first-order valence-corrected chi connectivity index (χ1v) is 5.27. The number of ether oxygens (including phenoxy) is 2. The van der Waals surface area contributed by atoms with Crippen LogP contribution in [0.25, 0.3) is 0 Å². The van der Waals surface area contributed by atoms with Gasteiger partial charge >= 0.3 is 0 Å². The van der Waals surface area contributed by atoms with Crippen LogP contribution < -0.4 is 0 Å². The molecule has 2 aliphatic rings. The molecule has 1 saturated heterocycles. The molecular formula is C9H13BrO3. The van der Waals surface area contributed by atoms with Crippen molar-refractivity contribution in [3.05, 3.63) is 12.2 Å². The topological polar surface area (TPSA) is 38.7 Å². The van der Waals surface area contributed by atoms with Crippen LogP contribution in [-0.4, -0.2) is 34.0 Å². The summed E-state index contributed by atoms with van der Waals surface area (Å²) < 4.78 is 11.2. The molecule has 4 heteroatoms. The Labute approximate surface area is 85.8 Å². The van der Waals surface area contributed by atoms with Crippen LogP contribution in [0.5, 0.6) is 0 Å². The van der Waals surface area contributed by atoms with Crippen LogP contribution in [-0.2, 0) is 9.47 Å². The molecule has 74 valence electrons. The monoisotopic (exact) mass is 248 g/mol. The van der Waals surface area contributed by atoms with Crippen LogP contribution in [0.1, 0.15) is 13.8 Å². The molecule has 1 heterocycles. The molecule has 0 spiro atoms. The van der Waals surface area contributed by atoms with E-state index in [0.717, 1.165) is 0 Å². The second kappa shape index (κ2) is 3.05. The molecule has 1 aliphatic heterocycles. The number of halogens is 1. The van der Waals surface area contributed by atoms with Crippen LogP contribution in [0.4, 0.5) is 0 Å². The zero-order valence-electron chi connectivity index (χ0n) is 7.61. The number of aliphatic hydroxyl groups is 1. The minimum atomic E-state index is -0.586. The van der Waals surface area contributed by atoms with Crippen LogP contribution in [0, 0.1) is 0 Å². The summed E-state index contributed by atoms with van der Waals surface area (Å²) in [5.74, 6) is -0.586. The largest absolute Gasteiger partial charge is 0.389 e. The molecule has 4 atom stereocenters. The van der Waals surface area contributed by atoms with Crippen LogP contribution in [0.2, 0.25) is 0 Å². The van der Waals surface area contributed by atoms with Crippen molar-refractivity contribution in [1.29, 1.82) is 0 Å². The molecule has 2 rings (SSSR count). The van der Waals surface area contributed by atoms with Gasteiger partial charge in [0.25, 0.3) is 0 Å². The maximum atomic E-state index is 9.78. The summed E-state index contributed by atoms with van der Waals surface area (Å²) in [7, 11) is 0. The van der Waals surface area contributed by atoms with Gasteiger partial charge in [-0.05, 0) is 13.8 Å². The van der Waals surface area contributed by atoms with E-state index in [2.05, 4.69) is 15.9 Å². The highest BCUT2D eigenvalue weighted by Crippen LogP contribution is 2.35. The minimum Gasteiger partial charge on any atom is -0.389 e. The Morgan fingerprint density at radius 3 is 2.69 bits per heavy atom. The van der Waals surface area contributed by atoms with Crippen molar-refractivity contribution in [2.45, 2.75) is 42.8 Å². The predicted octanol–water partition coefficient (Wildman–Crippen LogP) is 1.20. The molecule has 13 heavy (non-hydrogen) atoms. The summed E-state index contributed by atoms with van der Waals surface area (Å²) in [5, 5.41) is 9.78. The predicted molar refractivity (Wildman–Crippen MR) is 51.7 cm³/mol. The van der Waals surface area contributed by atoms with Crippen molar-refractivity contribution in [2.24, 2.45) is 0 Å². The Morgan fingerprint density at radius 2 is 2.00 bits per heavy atom. The van der Waals surface area contributed by atoms with Gasteiger partial charge in [0.05, 0.1) is 10.9 Å². The van der Waals surface area contributed by atoms with Crippen molar-refractivity contribution in [1.82, 2.24) is 0 Å². The van der Waals surface area contributed by atoms with Gasteiger partial charge in [0.15, 0.2) is 5.79 Å². The van der Waals surface area contributed by atoms with Crippen LogP contribution in [0.3, 0.4) is 0 Å². The third-order valence-corrected chi connectivity index (χ3v) is 3.16. The lowest BCUT2D eigenvalue weighted by Crippen LogP contribution is -2.42. The second-order valence-corrected chi connectivity index (χ2v) is 4.94. The maximum Gasteiger partial charge on any atom is 0.164 e. The molecule has 0 saturated carbocycles. The summed E-state index contributed by atoms with van der Waals surface area (Å²) in [5.41, 5.74) is 0. The molecule has 0 unspecified atom stereocenters. The van der Waals surface area contributed by atoms with Gasteiger partial charge < -0.3 is 14.6 Å². The fourth-order valence-electron chi connectivity index (χ4n) is 1.74. The van der Waals surface area contributed by atoms with Gasteiger partial charge in [0.1, 0.15) is 12.2 Å². The van der Waals surface area contributed by atoms with E-state index in [9.17, 15) is 5.11 Å². The molecule has 0 aromatic heterocycles. The Morgan fingerprint density at radius 1 is 1.31 bits per heavy atom. The highest BCUT2D eigenvalue weighted by Gasteiger charge is 2.46. The summed E-state index contributed by atoms with van der Waals surface area (Å²) >= 11 is 3.36. The van der Waals surface area contributed by atoms with Gasteiger partial charge in [-0.15, -0.1) is 0 Å². The average Bonchev–Trinajstić information content (AvgIpc) is 2.34. The zero-order chi connectivity index (χ0) is 9.64. The highest BCUT2D eigenvalue weighted by atomic mass is 79.9. The Bertz CT molecular complexity index is 239. The molecule has 0 aromatic rings. The third kappa shape index (κ3) is 1.68. The van der Waals surface area contributed by atoms with Gasteiger partial charge in [-0.25, -0.2) is 0 Å². The number of hydrogen-bond acceptors (Lipinski definition) is 3. The fraction of sp³-hybridized carbons (Fsp3) is 0.778. The quantitative estimate of drug-likeness (QED) is 0.518. The zero-order valence-corrected chi connectivity index (χ0v) is 9.19. The number of aliphatic hydroxyl groups excluding tert-OH is 1. The fourth-order valence-corrected chi connectivity index (χ4v) is 2.22. The van der Waals surface area contributed by atoms with Crippen molar-refractivity contribution in [3.63, 3.8) is 0 Å². The van der Waals surface area contributed by atoms with Gasteiger partial charge in [0, 0.05) is 0 Å². The van der Waals surface area contributed by atoms with E-state index in [-0.39, 0.29) is 17.0 Å². The first kappa shape index (κ1) is 9.65. The van der Waals surface area contributed by atoms with Crippen LogP contribution in [0.15, 0.2) is 12.2 Å². The molecule has 1 fully saturated rings. The minimum absolute atomic E-state index is 0.0359. The lowest BCUT2D eigenvalue weighted by Gasteiger charge is -2.27. The summed E-state index contributed by atoms with van der Waals surface area (Å²) in [6.45, 7) is 3.71. The van der Waals surface area contributed by atoms with Crippen molar-refractivity contribution in [3.8, 4) is 0 Å². The van der Waals surface area contributed by atoms with Gasteiger partial charge in [0.2, 0.25) is 0 Å². The summed E-state index contributed by atoms with van der Waals surface area (Å²) in [6, 6.07) is 0. The van der Waals surface area contributed by atoms with E-state index in [0.29, 0.717) is 0 Å². The van der Waals surface area contributed by atoms with Crippen molar-refractivity contribution in [2.75, 3.05) is 0 Å². The van der Waals surface area contributed by atoms with Crippen molar-refractivity contribution < 1.29 is 14.6 Å². The standard InChI is InChI=1S/C9H13BrO3/c1-9(2)12-6-4-3-5(10)7(11)8(6)13-9/h3-8,11H,1-2H3/t5-,6+,7+,8-/m1/s1. The summed E-state index contributed by atoms with van der Waals surface area (Å²) in [6.07, 6.45) is 2.95. The third-order valence-electron chi connectivity index (χ3n) is 2.31. The molecule has 0 amide bonds. The molecule has 0 aromatic carbocycles. The SMILES string of the molecule is CC1(C)O[C@H]2[C@@H](O)[C@H](Br)C=C[C@@H]2O1. The lowest BCUT2D eigenvalue weighted by molar-refractivity contribution is -0.151. The number of rotatable bonds is 0. The lowest BCUT2D eigenvalue weighted by atomic mass is 9.99. The molecule has 0 radical (unpaired) electrons. The number of fused-ring (bicyclic) bond motifs is 1. The molecule has 1 aliphatic carbocycles. The molecule has 0 bridgehead atoms. The molecular weight excluding hydrogens is 236 g/mol. The summed E-state index contributed by atoms with van der Waals surface area (Å²) in [4.78, 5) is -0.0359. The number of alkyl halides is 1. The first-order valence-electron chi connectivity index (χ1n) is 4.36. The van der Waals surface area contributed by atoms with E-state index < -0.39 is 11.9 Å². The smallest absolute Gasteiger partial charge is 0.164 e. The number of hydrogen-bond donors (Lipinski definition) is 1. The van der Waals surface area contributed by atoms with E-state index in [1.165, 1.54) is 0 Å². The second-order valence-electron chi connectivity index (χ2n) is 3.88. The van der Waals surface area contributed by atoms with E-state index in [1.807, 2.05) is 26.0 Å².